The fourth-order valence-electron chi connectivity index (χ4n) is 3.94. The minimum atomic E-state index is -4.98. The van der Waals surface area contributed by atoms with Crippen molar-refractivity contribution >= 4 is 26.3 Å². The summed E-state index contributed by atoms with van der Waals surface area (Å²) in [7, 11) is -4.55. The summed E-state index contributed by atoms with van der Waals surface area (Å²) in [5.74, 6) is 0. The van der Waals surface area contributed by atoms with Crippen LogP contribution < -0.4 is 10.5 Å². The summed E-state index contributed by atoms with van der Waals surface area (Å²) in [6.45, 7) is 4.73. The van der Waals surface area contributed by atoms with Crippen LogP contribution in [0.4, 0.5) is 13.2 Å². The van der Waals surface area contributed by atoms with Gasteiger partial charge in [-0.3, -0.25) is 0 Å². The molecule has 3 heterocycles. The third kappa shape index (κ3) is 4.82. The number of aromatic nitrogens is 4. The zero-order chi connectivity index (χ0) is 25.1. The van der Waals surface area contributed by atoms with E-state index in [1.807, 2.05) is 0 Å². The Bertz CT molecular complexity index is 1320. The van der Waals surface area contributed by atoms with Gasteiger partial charge in [0.15, 0.2) is 5.69 Å². The Kier molecular flexibility index (Phi) is 6.26. The second-order valence-electron chi connectivity index (χ2n) is 9.01. The molecule has 0 aromatic carbocycles. The molecule has 1 saturated carbocycles. The Labute approximate surface area is 198 Å². The molecule has 0 atom stereocenters. The lowest BCUT2D eigenvalue weighted by Crippen LogP contribution is -2.41. The molecule has 14 heteroatoms. The quantitative estimate of drug-likeness (QED) is 0.473. The highest BCUT2D eigenvalue weighted by atomic mass is 32.2. The van der Waals surface area contributed by atoms with Crippen LogP contribution >= 0.6 is 11.3 Å². The van der Waals surface area contributed by atoms with E-state index in [2.05, 4.69) is 19.8 Å². The molecular formula is C20H25F3N6O3S2. The zero-order valence-corrected chi connectivity index (χ0v) is 20.4. The van der Waals surface area contributed by atoms with Gasteiger partial charge in [0, 0.05) is 23.8 Å². The fourth-order valence-corrected chi connectivity index (χ4v) is 6.39. The van der Waals surface area contributed by atoms with Crippen molar-refractivity contribution in [3.63, 3.8) is 0 Å². The minimum Gasteiger partial charge on any atom is -0.383 e. The predicted octanol–water partition coefficient (Wildman–Crippen LogP) is 2.96. The average molecular weight is 519 g/mol. The van der Waals surface area contributed by atoms with E-state index in [9.17, 15) is 26.7 Å². The molecule has 0 bridgehead atoms. The maximum absolute atomic E-state index is 13.7. The summed E-state index contributed by atoms with van der Waals surface area (Å²) in [5.41, 5.74) is 3.93. The number of aliphatic hydroxyl groups is 1. The number of nitrogens with two attached hydrogens (primary N) is 1. The Morgan fingerprint density at radius 2 is 1.88 bits per heavy atom. The number of hydrogen-bond acceptors (Lipinski definition) is 8. The number of halogens is 3. The standard InChI is InChI=1S/C20H25F3N6O3S2/c1-10-15(29-18(26-10)33-17(27-29)19(2,3)30)11-8-14(16(25-9-11)20(21,22)23)34(31,32)28-13-6-4-12(24)5-7-13/h8-9,12-13,28,30H,4-7,24H2,1-3H3. The number of imidazole rings is 1. The lowest BCUT2D eigenvalue weighted by Gasteiger charge is -2.27. The van der Waals surface area contributed by atoms with E-state index in [1.165, 1.54) is 4.52 Å². The molecule has 0 saturated heterocycles. The van der Waals surface area contributed by atoms with Crippen LogP contribution in [0.1, 0.15) is 55.9 Å². The van der Waals surface area contributed by atoms with Crippen molar-refractivity contribution in [3.05, 3.63) is 28.7 Å². The highest BCUT2D eigenvalue weighted by molar-refractivity contribution is 7.89. The molecule has 0 radical (unpaired) electrons. The van der Waals surface area contributed by atoms with Crippen molar-refractivity contribution < 1.29 is 26.7 Å². The molecule has 4 rings (SSSR count). The number of rotatable bonds is 5. The van der Waals surface area contributed by atoms with Crippen molar-refractivity contribution in [1.29, 1.82) is 0 Å². The molecule has 3 aromatic rings. The van der Waals surface area contributed by atoms with Crippen molar-refractivity contribution in [1.82, 2.24) is 24.3 Å². The molecule has 3 aromatic heterocycles. The van der Waals surface area contributed by atoms with E-state index in [4.69, 9.17) is 5.73 Å². The van der Waals surface area contributed by atoms with Crippen molar-refractivity contribution in [2.24, 2.45) is 5.73 Å². The molecule has 9 nitrogen and oxygen atoms in total. The topological polar surface area (TPSA) is 136 Å². The molecule has 4 N–H and O–H groups in total. The third-order valence-corrected chi connectivity index (χ3v) is 8.43. The number of alkyl halides is 3. The van der Waals surface area contributed by atoms with Gasteiger partial charge in [-0.05, 0) is 52.5 Å². The van der Waals surface area contributed by atoms with Crippen LogP contribution in [0.5, 0.6) is 0 Å². The molecule has 0 aliphatic heterocycles. The molecular weight excluding hydrogens is 493 g/mol. The SMILES string of the molecule is Cc1nc2sc(C(C)(C)O)nn2c1-c1cnc(C(F)(F)F)c(S(=O)(=O)NC2CCC(N)CC2)c1. The molecule has 1 aliphatic rings. The maximum Gasteiger partial charge on any atom is 0.434 e. The Morgan fingerprint density at radius 3 is 2.47 bits per heavy atom. The van der Waals surface area contributed by atoms with Crippen molar-refractivity contribution in [3.8, 4) is 11.3 Å². The van der Waals surface area contributed by atoms with Gasteiger partial charge in [-0.2, -0.15) is 18.3 Å². The van der Waals surface area contributed by atoms with E-state index in [0.29, 0.717) is 47.0 Å². The summed E-state index contributed by atoms with van der Waals surface area (Å²) >= 11 is 1.12. The van der Waals surface area contributed by atoms with E-state index in [1.54, 1.807) is 20.8 Å². The smallest absolute Gasteiger partial charge is 0.383 e. The predicted molar refractivity (Wildman–Crippen MR) is 120 cm³/mol. The normalized spacial score (nSPS) is 20.2. The summed E-state index contributed by atoms with van der Waals surface area (Å²) < 4.78 is 71.2. The minimum absolute atomic E-state index is 0.0457. The van der Waals surface area contributed by atoms with E-state index >= 15 is 0 Å². The summed E-state index contributed by atoms with van der Waals surface area (Å²) in [4.78, 5) is 7.32. The van der Waals surface area contributed by atoms with Crippen LogP contribution in [0.25, 0.3) is 16.2 Å². The first-order chi connectivity index (χ1) is 15.7. The van der Waals surface area contributed by atoms with Gasteiger partial charge < -0.3 is 10.8 Å². The van der Waals surface area contributed by atoms with Crippen molar-refractivity contribution in [2.75, 3.05) is 0 Å². The van der Waals surface area contributed by atoms with E-state index < -0.39 is 38.4 Å². The number of nitrogens with one attached hydrogen (secondary N) is 1. The summed E-state index contributed by atoms with van der Waals surface area (Å²) in [5, 5.41) is 15.0. The first kappa shape index (κ1) is 25.0. The molecule has 1 fully saturated rings. The van der Waals surface area contributed by atoms with E-state index in [0.717, 1.165) is 23.6 Å². The molecule has 34 heavy (non-hydrogen) atoms. The van der Waals surface area contributed by atoms with Gasteiger partial charge in [-0.25, -0.2) is 27.6 Å². The van der Waals surface area contributed by atoms with Gasteiger partial charge >= 0.3 is 6.18 Å². The highest BCUT2D eigenvalue weighted by Gasteiger charge is 2.40. The van der Waals surface area contributed by atoms with Crippen LogP contribution in [0, 0.1) is 6.92 Å². The lowest BCUT2D eigenvalue weighted by atomic mass is 9.93. The molecule has 0 unspecified atom stereocenters. The van der Waals surface area contributed by atoms with Crippen LogP contribution in [0.15, 0.2) is 17.2 Å². The largest absolute Gasteiger partial charge is 0.434 e. The number of aryl methyl sites for hydroxylation is 1. The molecule has 0 spiro atoms. The van der Waals surface area contributed by atoms with Gasteiger partial charge in [0.2, 0.25) is 15.0 Å². The fraction of sp³-hybridized carbons (Fsp3) is 0.550. The van der Waals surface area contributed by atoms with Crippen LogP contribution in [0.2, 0.25) is 0 Å². The first-order valence-electron chi connectivity index (χ1n) is 10.6. The summed E-state index contributed by atoms with van der Waals surface area (Å²) in [6, 6.07) is 0.396. The van der Waals surface area contributed by atoms with Gasteiger partial charge in [-0.1, -0.05) is 11.3 Å². The highest BCUT2D eigenvalue weighted by Crippen LogP contribution is 2.37. The number of fused-ring (bicyclic) bond motifs is 1. The molecule has 0 amide bonds. The summed E-state index contributed by atoms with van der Waals surface area (Å²) in [6.07, 6.45) is -1.98. The maximum atomic E-state index is 13.7. The second-order valence-corrected chi connectivity index (χ2v) is 11.6. The lowest BCUT2D eigenvalue weighted by molar-refractivity contribution is -0.143. The molecule has 186 valence electrons. The number of nitrogens with zero attached hydrogens (tertiary/aromatic N) is 4. The van der Waals surface area contributed by atoms with Crippen molar-refractivity contribution in [2.45, 2.75) is 75.2 Å². The second kappa shape index (κ2) is 8.52. The Balaban J connectivity index is 1.82. The van der Waals surface area contributed by atoms with Gasteiger partial charge in [-0.15, -0.1) is 0 Å². The van der Waals surface area contributed by atoms with E-state index in [-0.39, 0.29) is 11.6 Å². The number of pyridine rings is 1. The third-order valence-electron chi connectivity index (χ3n) is 5.68. The monoisotopic (exact) mass is 518 g/mol. The van der Waals surface area contributed by atoms with Crippen LogP contribution in [-0.2, 0) is 21.8 Å². The Morgan fingerprint density at radius 1 is 1.24 bits per heavy atom. The van der Waals surface area contributed by atoms with Gasteiger partial charge in [0.1, 0.15) is 15.5 Å². The first-order valence-corrected chi connectivity index (χ1v) is 12.9. The zero-order valence-electron chi connectivity index (χ0n) is 18.7. The molecule has 1 aliphatic carbocycles. The van der Waals surface area contributed by atoms with Gasteiger partial charge in [0.25, 0.3) is 0 Å². The average Bonchev–Trinajstić information content (AvgIpc) is 3.25. The van der Waals surface area contributed by atoms with Crippen LogP contribution in [0.3, 0.4) is 0 Å². The Hall–Kier alpha value is -2.13. The number of sulfonamides is 1. The van der Waals surface area contributed by atoms with Gasteiger partial charge in [0.05, 0.1) is 11.4 Å². The van der Waals surface area contributed by atoms with Crippen LogP contribution in [-0.4, -0.2) is 45.2 Å². The number of hydrogen-bond donors (Lipinski definition) is 3.